The third kappa shape index (κ3) is 4.67. The van der Waals surface area contributed by atoms with E-state index in [1.165, 1.54) is 0 Å². The minimum atomic E-state index is -0.294. The number of halogens is 1. The predicted octanol–water partition coefficient (Wildman–Crippen LogP) is 3.72. The summed E-state index contributed by atoms with van der Waals surface area (Å²) in [5.74, 6) is 2.18. The van der Waals surface area contributed by atoms with Crippen molar-refractivity contribution in [2.45, 2.75) is 13.3 Å². The second-order valence-corrected chi connectivity index (χ2v) is 7.89. The lowest BCUT2D eigenvalue weighted by Crippen LogP contribution is -2.38. The zero-order valence-corrected chi connectivity index (χ0v) is 16.3. The van der Waals surface area contributed by atoms with E-state index in [0.29, 0.717) is 16.8 Å². The number of nitrogens with zero attached hydrogens (tertiary/aromatic N) is 1. The van der Waals surface area contributed by atoms with Crippen molar-refractivity contribution in [2.24, 2.45) is 0 Å². The van der Waals surface area contributed by atoms with Crippen molar-refractivity contribution in [3.8, 4) is 0 Å². The first-order chi connectivity index (χ1) is 12.0. The van der Waals surface area contributed by atoms with E-state index in [1.54, 1.807) is 18.2 Å². The van der Waals surface area contributed by atoms with Gasteiger partial charge in [0.15, 0.2) is 10.4 Å². The van der Waals surface area contributed by atoms with Gasteiger partial charge in [-0.1, -0.05) is 12.1 Å². The van der Waals surface area contributed by atoms with Gasteiger partial charge in [-0.2, -0.15) is 11.8 Å². The minimum Gasteiger partial charge on any atom is -0.444 e. The first-order valence-electron chi connectivity index (χ1n) is 8.04. The third-order valence-corrected chi connectivity index (χ3v) is 5.36. The molecule has 0 aliphatic carbocycles. The fourth-order valence-corrected chi connectivity index (χ4v) is 4.07. The van der Waals surface area contributed by atoms with Gasteiger partial charge in [-0.25, -0.2) is 0 Å². The van der Waals surface area contributed by atoms with E-state index in [2.05, 4.69) is 21.2 Å². The molecule has 25 heavy (non-hydrogen) atoms. The van der Waals surface area contributed by atoms with Crippen LogP contribution >= 0.6 is 27.7 Å². The number of aryl methyl sites for hydroxylation is 1. The molecule has 0 atom stereocenters. The predicted molar refractivity (Wildman–Crippen MR) is 103 cm³/mol. The van der Waals surface area contributed by atoms with E-state index < -0.39 is 0 Å². The molecule has 1 aliphatic rings. The largest absolute Gasteiger partial charge is 0.444 e. The zero-order chi connectivity index (χ0) is 17.8. The fraction of sp³-hybridized carbons (Fsp3) is 0.333. The Morgan fingerprint density at radius 3 is 2.52 bits per heavy atom. The molecule has 2 aromatic rings. The molecule has 0 spiro atoms. The van der Waals surface area contributed by atoms with E-state index in [4.69, 9.17) is 4.42 Å². The normalized spacial score (nSPS) is 14.4. The van der Waals surface area contributed by atoms with Crippen LogP contribution in [0, 0.1) is 6.92 Å². The summed E-state index contributed by atoms with van der Waals surface area (Å²) >= 11 is 5.10. The van der Waals surface area contributed by atoms with Crippen molar-refractivity contribution in [1.29, 1.82) is 0 Å². The molecule has 1 saturated heterocycles. The van der Waals surface area contributed by atoms with Crippen molar-refractivity contribution in [1.82, 2.24) is 4.90 Å². The topological polar surface area (TPSA) is 62.6 Å². The lowest BCUT2D eigenvalue weighted by Gasteiger charge is -2.26. The molecule has 3 rings (SSSR count). The van der Waals surface area contributed by atoms with Gasteiger partial charge in [0.25, 0.3) is 5.91 Å². The van der Waals surface area contributed by atoms with Gasteiger partial charge in [-0.15, -0.1) is 0 Å². The quantitative estimate of drug-likeness (QED) is 0.815. The molecule has 1 N–H and O–H groups in total. The Kier molecular flexibility index (Phi) is 5.86. The molecule has 1 aromatic heterocycles. The van der Waals surface area contributed by atoms with Crippen molar-refractivity contribution < 1.29 is 14.0 Å². The number of anilines is 1. The summed E-state index contributed by atoms with van der Waals surface area (Å²) < 4.78 is 5.87. The molecule has 1 fully saturated rings. The average molecular weight is 423 g/mol. The molecule has 1 aliphatic heterocycles. The summed E-state index contributed by atoms with van der Waals surface area (Å²) in [5.41, 5.74) is 2.38. The van der Waals surface area contributed by atoms with Gasteiger partial charge in [0.2, 0.25) is 5.91 Å². The first kappa shape index (κ1) is 18.1. The molecular weight excluding hydrogens is 404 g/mol. The van der Waals surface area contributed by atoms with Crippen LogP contribution in [0.5, 0.6) is 0 Å². The smallest absolute Gasteiger partial charge is 0.291 e. The Morgan fingerprint density at radius 2 is 1.92 bits per heavy atom. The fourth-order valence-electron chi connectivity index (χ4n) is 2.66. The Bertz CT molecular complexity index is 767. The molecule has 0 bridgehead atoms. The molecule has 0 saturated carbocycles. The summed E-state index contributed by atoms with van der Waals surface area (Å²) in [6, 6.07) is 9.11. The Balaban J connectivity index is 1.59. The van der Waals surface area contributed by atoms with Crippen LogP contribution in [0.25, 0.3) is 0 Å². The van der Waals surface area contributed by atoms with Gasteiger partial charge in [-0.05, 0) is 46.6 Å². The highest BCUT2D eigenvalue weighted by molar-refractivity contribution is 9.10. The number of amides is 2. The number of furan rings is 1. The van der Waals surface area contributed by atoms with Crippen LogP contribution in [0.15, 0.2) is 39.4 Å². The lowest BCUT2D eigenvalue weighted by molar-refractivity contribution is -0.130. The number of carbonyl (C=O) groups excluding carboxylic acids is 2. The van der Waals surface area contributed by atoms with Crippen LogP contribution in [-0.2, 0) is 11.2 Å². The van der Waals surface area contributed by atoms with Crippen LogP contribution < -0.4 is 5.32 Å². The first-order valence-corrected chi connectivity index (χ1v) is 9.99. The minimum absolute atomic E-state index is 0.160. The number of hydrogen-bond acceptors (Lipinski definition) is 4. The number of benzene rings is 1. The van der Waals surface area contributed by atoms with E-state index in [-0.39, 0.29) is 17.6 Å². The molecule has 7 heteroatoms. The standard InChI is InChI=1S/C18H19BrN2O3S/c1-12-10-15(19)24-17(12)18(23)20-14-4-2-13(3-5-14)11-16(22)21-6-8-25-9-7-21/h2-5,10H,6-9,11H2,1H3,(H,20,23). The molecule has 2 amide bonds. The summed E-state index contributed by atoms with van der Waals surface area (Å²) in [7, 11) is 0. The number of nitrogens with one attached hydrogen (secondary N) is 1. The Morgan fingerprint density at radius 1 is 1.24 bits per heavy atom. The second kappa shape index (κ2) is 8.10. The maximum atomic E-state index is 12.3. The number of carbonyl (C=O) groups is 2. The molecule has 0 unspecified atom stereocenters. The highest BCUT2D eigenvalue weighted by Crippen LogP contribution is 2.21. The Hall–Kier alpha value is -1.73. The van der Waals surface area contributed by atoms with E-state index in [1.807, 2.05) is 35.7 Å². The Labute approximate surface area is 159 Å². The monoisotopic (exact) mass is 422 g/mol. The maximum Gasteiger partial charge on any atom is 0.291 e. The summed E-state index contributed by atoms with van der Waals surface area (Å²) in [6.45, 7) is 3.47. The zero-order valence-electron chi connectivity index (χ0n) is 13.9. The molecule has 132 valence electrons. The molecule has 0 radical (unpaired) electrons. The van der Waals surface area contributed by atoms with E-state index in [0.717, 1.165) is 35.7 Å². The molecule has 1 aromatic carbocycles. The lowest BCUT2D eigenvalue weighted by atomic mass is 10.1. The number of rotatable bonds is 4. The van der Waals surface area contributed by atoms with Gasteiger partial charge in [0.1, 0.15) is 0 Å². The van der Waals surface area contributed by atoms with Crippen LogP contribution in [-0.4, -0.2) is 41.3 Å². The van der Waals surface area contributed by atoms with Gasteiger partial charge < -0.3 is 14.6 Å². The highest BCUT2D eigenvalue weighted by atomic mass is 79.9. The third-order valence-electron chi connectivity index (χ3n) is 4.02. The van der Waals surface area contributed by atoms with Crippen molar-refractivity contribution >= 4 is 45.2 Å². The van der Waals surface area contributed by atoms with Crippen molar-refractivity contribution in [3.63, 3.8) is 0 Å². The summed E-state index contributed by atoms with van der Waals surface area (Å²) in [5, 5.41) is 2.80. The molecule has 5 nitrogen and oxygen atoms in total. The van der Waals surface area contributed by atoms with Gasteiger partial charge >= 0.3 is 0 Å². The second-order valence-electron chi connectivity index (χ2n) is 5.88. The molecule has 2 heterocycles. The maximum absolute atomic E-state index is 12.3. The van der Waals surface area contributed by atoms with Crippen LogP contribution in [0.1, 0.15) is 21.7 Å². The van der Waals surface area contributed by atoms with Crippen LogP contribution in [0.2, 0.25) is 0 Å². The number of hydrogen-bond donors (Lipinski definition) is 1. The summed E-state index contributed by atoms with van der Waals surface area (Å²) in [4.78, 5) is 26.4. The highest BCUT2D eigenvalue weighted by Gasteiger charge is 2.17. The van der Waals surface area contributed by atoms with Gasteiger partial charge in [0, 0.05) is 35.8 Å². The van der Waals surface area contributed by atoms with Crippen LogP contribution in [0.3, 0.4) is 0 Å². The number of thioether (sulfide) groups is 1. The van der Waals surface area contributed by atoms with Gasteiger partial charge in [-0.3, -0.25) is 9.59 Å². The summed E-state index contributed by atoms with van der Waals surface area (Å²) in [6.07, 6.45) is 0.392. The van der Waals surface area contributed by atoms with E-state index >= 15 is 0 Å². The SMILES string of the molecule is Cc1cc(Br)oc1C(=O)Nc1ccc(CC(=O)N2CCSCC2)cc1. The average Bonchev–Trinajstić information content (AvgIpc) is 2.96. The molecular formula is C18H19BrN2O3S. The van der Waals surface area contributed by atoms with E-state index in [9.17, 15) is 9.59 Å². The van der Waals surface area contributed by atoms with Crippen molar-refractivity contribution in [2.75, 3.05) is 29.9 Å². The van der Waals surface area contributed by atoms with Gasteiger partial charge in [0.05, 0.1) is 6.42 Å². The van der Waals surface area contributed by atoms with Crippen molar-refractivity contribution in [3.05, 3.63) is 51.9 Å². The van der Waals surface area contributed by atoms with Crippen LogP contribution in [0.4, 0.5) is 5.69 Å².